The molecule has 0 heterocycles. The Hall–Kier alpha value is -2.34. The molecular weight excluding hydrogens is 384 g/mol. The smallest absolute Gasteiger partial charge is 0.243 e. The molecule has 5 nitrogen and oxygen atoms in total. The lowest BCUT2D eigenvalue weighted by atomic mass is 10.1. The number of aryl methyl sites for hydroxylation is 4. The molecule has 1 amide bonds. The number of hydrogen-bond acceptors (Lipinski definition) is 3. The molecule has 0 unspecified atom stereocenters. The fourth-order valence-electron chi connectivity index (χ4n) is 3.30. The summed E-state index contributed by atoms with van der Waals surface area (Å²) in [5.41, 5.74) is 5.04. The summed E-state index contributed by atoms with van der Waals surface area (Å²) >= 11 is 0. The van der Waals surface area contributed by atoms with Crippen molar-refractivity contribution in [1.29, 1.82) is 0 Å². The second-order valence-electron chi connectivity index (χ2n) is 7.63. The first kappa shape index (κ1) is 22.9. The van der Waals surface area contributed by atoms with Crippen molar-refractivity contribution in [2.75, 3.05) is 17.1 Å². The van der Waals surface area contributed by atoms with E-state index in [0.717, 1.165) is 30.2 Å². The maximum absolute atomic E-state index is 12.8. The SMILES string of the molecule is CC[C@@H](C(=O)NCCCc1ccc(C)cc1)N(c1ccc(C)c(C)c1)S(C)(=O)=O. The van der Waals surface area contributed by atoms with Crippen LogP contribution in [0, 0.1) is 20.8 Å². The van der Waals surface area contributed by atoms with E-state index < -0.39 is 16.1 Å². The summed E-state index contributed by atoms with van der Waals surface area (Å²) in [6.45, 7) is 8.30. The fraction of sp³-hybridized carbons (Fsp3) is 0.435. The van der Waals surface area contributed by atoms with Crippen molar-refractivity contribution in [3.8, 4) is 0 Å². The number of anilines is 1. The first-order valence-electron chi connectivity index (χ1n) is 10.0. The van der Waals surface area contributed by atoms with Crippen molar-refractivity contribution in [2.45, 2.75) is 53.0 Å². The highest BCUT2D eigenvalue weighted by atomic mass is 32.2. The first-order chi connectivity index (χ1) is 13.6. The number of benzene rings is 2. The Balaban J connectivity index is 2.07. The van der Waals surface area contributed by atoms with Gasteiger partial charge in [-0.2, -0.15) is 0 Å². The molecule has 0 aliphatic heterocycles. The van der Waals surface area contributed by atoms with Gasteiger partial charge < -0.3 is 5.32 Å². The second kappa shape index (κ2) is 9.92. The van der Waals surface area contributed by atoms with Crippen molar-refractivity contribution in [3.05, 3.63) is 64.7 Å². The molecular formula is C23H32N2O3S. The summed E-state index contributed by atoms with van der Waals surface area (Å²) in [5, 5.41) is 2.92. The van der Waals surface area contributed by atoms with E-state index >= 15 is 0 Å². The molecule has 0 fully saturated rings. The van der Waals surface area contributed by atoms with E-state index in [4.69, 9.17) is 0 Å². The van der Waals surface area contributed by atoms with E-state index in [-0.39, 0.29) is 5.91 Å². The van der Waals surface area contributed by atoms with E-state index in [1.165, 1.54) is 15.4 Å². The second-order valence-corrected chi connectivity index (χ2v) is 9.49. The van der Waals surface area contributed by atoms with Crippen LogP contribution in [0.15, 0.2) is 42.5 Å². The van der Waals surface area contributed by atoms with Crippen LogP contribution in [0.25, 0.3) is 0 Å². The minimum Gasteiger partial charge on any atom is -0.354 e. The van der Waals surface area contributed by atoms with Crippen molar-refractivity contribution in [2.24, 2.45) is 0 Å². The molecule has 2 rings (SSSR count). The average molecular weight is 417 g/mol. The van der Waals surface area contributed by atoms with E-state index in [2.05, 4.69) is 36.5 Å². The van der Waals surface area contributed by atoms with Gasteiger partial charge in [-0.05, 0) is 68.9 Å². The lowest BCUT2D eigenvalue weighted by Gasteiger charge is -2.30. The van der Waals surface area contributed by atoms with E-state index in [1.54, 1.807) is 6.07 Å². The summed E-state index contributed by atoms with van der Waals surface area (Å²) in [7, 11) is -3.61. The molecule has 1 atom stereocenters. The Morgan fingerprint density at radius 1 is 1.03 bits per heavy atom. The normalized spacial score (nSPS) is 12.4. The van der Waals surface area contributed by atoms with Gasteiger partial charge in [0.25, 0.3) is 0 Å². The van der Waals surface area contributed by atoms with Crippen molar-refractivity contribution < 1.29 is 13.2 Å². The highest BCUT2D eigenvalue weighted by Gasteiger charge is 2.31. The molecule has 6 heteroatoms. The Morgan fingerprint density at radius 3 is 2.24 bits per heavy atom. The van der Waals surface area contributed by atoms with Crippen LogP contribution in [0.1, 0.15) is 42.0 Å². The zero-order valence-electron chi connectivity index (χ0n) is 18.0. The number of nitrogens with zero attached hydrogens (tertiary/aromatic N) is 1. The van der Waals surface area contributed by atoms with Gasteiger partial charge in [0.1, 0.15) is 6.04 Å². The summed E-state index contributed by atoms with van der Waals surface area (Å²) in [6.07, 6.45) is 3.21. The third kappa shape index (κ3) is 6.32. The number of nitrogens with one attached hydrogen (secondary N) is 1. The maximum atomic E-state index is 12.8. The monoisotopic (exact) mass is 416 g/mol. The molecule has 0 bridgehead atoms. The van der Waals surface area contributed by atoms with Crippen LogP contribution in [0.3, 0.4) is 0 Å². The molecule has 0 aliphatic rings. The van der Waals surface area contributed by atoms with Gasteiger partial charge in [-0.3, -0.25) is 9.10 Å². The Bertz CT molecular complexity index is 937. The number of hydrogen-bond donors (Lipinski definition) is 1. The first-order valence-corrected chi connectivity index (χ1v) is 11.9. The fourth-order valence-corrected chi connectivity index (χ4v) is 4.50. The van der Waals surface area contributed by atoms with Crippen LogP contribution in [0.5, 0.6) is 0 Å². The molecule has 0 saturated heterocycles. The summed E-state index contributed by atoms with van der Waals surface area (Å²) in [5.74, 6) is -0.264. The van der Waals surface area contributed by atoms with Gasteiger partial charge in [0.05, 0.1) is 11.9 Å². The third-order valence-corrected chi connectivity index (χ3v) is 6.32. The topological polar surface area (TPSA) is 66.5 Å². The standard InChI is InChI=1S/C23H32N2O3S/c1-6-22(23(26)24-15-7-8-20-12-9-17(2)10-13-20)25(29(5,27)28)21-14-11-18(3)19(4)16-21/h9-14,16,22H,6-8,15H2,1-5H3,(H,24,26)/t22-/m0/s1. The lowest BCUT2D eigenvalue weighted by Crippen LogP contribution is -2.49. The summed E-state index contributed by atoms with van der Waals surface area (Å²) < 4.78 is 26.3. The van der Waals surface area contributed by atoms with E-state index in [9.17, 15) is 13.2 Å². The minimum absolute atomic E-state index is 0.264. The average Bonchev–Trinajstić information content (AvgIpc) is 2.66. The van der Waals surface area contributed by atoms with Gasteiger partial charge in [0.15, 0.2) is 0 Å². The number of rotatable bonds is 9. The van der Waals surface area contributed by atoms with Crippen LogP contribution >= 0.6 is 0 Å². The van der Waals surface area contributed by atoms with Crippen LogP contribution in [0.2, 0.25) is 0 Å². The molecule has 0 aliphatic carbocycles. The predicted octanol–water partition coefficient (Wildman–Crippen LogP) is 3.91. The predicted molar refractivity (Wildman–Crippen MR) is 120 cm³/mol. The molecule has 0 radical (unpaired) electrons. The lowest BCUT2D eigenvalue weighted by molar-refractivity contribution is -0.122. The van der Waals surface area contributed by atoms with Crippen LogP contribution < -0.4 is 9.62 Å². The molecule has 0 saturated carbocycles. The molecule has 0 aromatic heterocycles. The zero-order valence-corrected chi connectivity index (χ0v) is 18.8. The number of sulfonamides is 1. The number of amides is 1. The molecule has 2 aromatic rings. The largest absolute Gasteiger partial charge is 0.354 e. The van der Waals surface area contributed by atoms with Gasteiger partial charge >= 0.3 is 0 Å². The molecule has 0 spiro atoms. The van der Waals surface area contributed by atoms with Gasteiger partial charge in [-0.1, -0.05) is 42.8 Å². The molecule has 158 valence electrons. The molecule has 29 heavy (non-hydrogen) atoms. The molecule has 2 aromatic carbocycles. The maximum Gasteiger partial charge on any atom is 0.243 e. The number of carbonyl (C=O) groups is 1. The Kier molecular flexibility index (Phi) is 7.85. The van der Waals surface area contributed by atoms with Gasteiger partial charge in [-0.15, -0.1) is 0 Å². The summed E-state index contributed by atoms with van der Waals surface area (Å²) in [6, 6.07) is 13.0. The zero-order chi connectivity index (χ0) is 21.6. The van der Waals surface area contributed by atoms with E-state index in [0.29, 0.717) is 18.7 Å². The Labute approximate surface area is 175 Å². The summed E-state index contributed by atoms with van der Waals surface area (Å²) in [4.78, 5) is 12.8. The van der Waals surface area contributed by atoms with E-state index in [1.807, 2.05) is 32.9 Å². The minimum atomic E-state index is -3.61. The highest BCUT2D eigenvalue weighted by molar-refractivity contribution is 7.92. The third-order valence-electron chi connectivity index (χ3n) is 5.14. The van der Waals surface area contributed by atoms with Gasteiger partial charge in [0.2, 0.25) is 15.9 Å². The van der Waals surface area contributed by atoms with Gasteiger partial charge in [0, 0.05) is 6.54 Å². The van der Waals surface area contributed by atoms with Crippen LogP contribution in [0.4, 0.5) is 5.69 Å². The van der Waals surface area contributed by atoms with Crippen LogP contribution in [-0.2, 0) is 21.2 Å². The van der Waals surface area contributed by atoms with Crippen LogP contribution in [-0.4, -0.2) is 33.2 Å². The molecule has 1 N–H and O–H groups in total. The van der Waals surface area contributed by atoms with Crippen molar-refractivity contribution >= 4 is 21.6 Å². The van der Waals surface area contributed by atoms with Crippen molar-refractivity contribution in [3.63, 3.8) is 0 Å². The van der Waals surface area contributed by atoms with Crippen molar-refractivity contribution in [1.82, 2.24) is 5.32 Å². The number of carbonyl (C=O) groups excluding carboxylic acids is 1. The quantitative estimate of drug-likeness (QED) is 0.631. The highest BCUT2D eigenvalue weighted by Crippen LogP contribution is 2.25. The van der Waals surface area contributed by atoms with Gasteiger partial charge in [-0.25, -0.2) is 8.42 Å². The Morgan fingerprint density at radius 2 is 1.69 bits per heavy atom.